The van der Waals surface area contributed by atoms with Crippen LogP contribution in [0.15, 0.2) is 90.0 Å². The summed E-state index contributed by atoms with van der Waals surface area (Å²) in [5.41, 5.74) is 3.62. The van der Waals surface area contributed by atoms with Crippen LogP contribution in [0.5, 0.6) is 0 Å². The molecule has 2 N–H and O–H groups in total. The Morgan fingerprint density at radius 2 is 1.73 bits per heavy atom. The number of hydrogen-bond donors (Lipinski definition) is 2. The van der Waals surface area contributed by atoms with Gasteiger partial charge in [0.05, 0.1) is 17.0 Å². The van der Waals surface area contributed by atoms with Crippen molar-refractivity contribution in [2.45, 2.75) is 18.2 Å². The Hall–Kier alpha value is -3.46. The van der Waals surface area contributed by atoms with Gasteiger partial charge in [-0.1, -0.05) is 59.6 Å². The lowest BCUT2D eigenvalue weighted by molar-refractivity contribution is -0.121. The van der Waals surface area contributed by atoms with Gasteiger partial charge in [0, 0.05) is 41.9 Å². The largest absolute Gasteiger partial charge is 0.383 e. The Morgan fingerprint density at radius 3 is 2.49 bits per heavy atom. The van der Waals surface area contributed by atoms with Gasteiger partial charge in [-0.05, 0) is 55.3 Å². The van der Waals surface area contributed by atoms with Crippen LogP contribution in [0, 0.1) is 6.92 Å². The van der Waals surface area contributed by atoms with Crippen molar-refractivity contribution in [1.82, 2.24) is 14.6 Å². The van der Waals surface area contributed by atoms with E-state index in [0.717, 1.165) is 27.7 Å². The first-order valence-corrected chi connectivity index (χ1v) is 13.8. The minimum Gasteiger partial charge on any atom is -0.383 e. The molecule has 192 valence electrons. The number of hydrogen-bond acceptors (Lipinski definition) is 5. The number of aryl methyl sites for hydroxylation is 1. The van der Waals surface area contributed by atoms with Gasteiger partial charge in [-0.25, -0.2) is 8.42 Å². The number of anilines is 1. The number of nitrogens with zero attached hydrogens (tertiary/aromatic N) is 2. The first-order valence-electron chi connectivity index (χ1n) is 12.0. The summed E-state index contributed by atoms with van der Waals surface area (Å²) in [5, 5.41) is 7.66. The summed E-state index contributed by atoms with van der Waals surface area (Å²) in [6.45, 7) is 2.61. The fourth-order valence-electron chi connectivity index (χ4n) is 3.93. The molecule has 0 unspecified atom stereocenters. The molecule has 1 aromatic heterocycles. The molecule has 0 fully saturated rings. The molecule has 0 atom stereocenters. The van der Waals surface area contributed by atoms with Crippen molar-refractivity contribution in [3.8, 4) is 0 Å². The number of amides is 1. The SMILES string of the molecule is Cc1ccc(S(=O)(=O)N(CCc2ccccc2)CC(=O)NCCNc2ccnc3cc(Cl)ccc23)cc1. The lowest BCUT2D eigenvalue weighted by Crippen LogP contribution is -2.42. The van der Waals surface area contributed by atoms with Crippen LogP contribution in [0.3, 0.4) is 0 Å². The molecule has 4 rings (SSSR count). The molecule has 3 aromatic carbocycles. The van der Waals surface area contributed by atoms with E-state index in [-0.39, 0.29) is 23.9 Å². The minimum absolute atomic E-state index is 0.172. The number of aromatic nitrogens is 1. The van der Waals surface area contributed by atoms with Gasteiger partial charge in [0.25, 0.3) is 0 Å². The third kappa shape index (κ3) is 7.07. The number of halogens is 1. The topological polar surface area (TPSA) is 91.4 Å². The van der Waals surface area contributed by atoms with Gasteiger partial charge in [0.1, 0.15) is 0 Å². The van der Waals surface area contributed by atoms with E-state index in [9.17, 15) is 13.2 Å². The molecular formula is C28H29ClN4O3S. The Morgan fingerprint density at radius 1 is 0.973 bits per heavy atom. The third-order valence-corrected chi connectivity index (χ3v) is 8.03. The lowest BCUT2D eigenvalue weighted by atomic mass is 10.1. The van der Waals surface area contributed by atoms with Gasteiger partial charge in [-0.3, -0.25) is 9.78 Å². The number of sulfonamides is 1. The molecule has 37 heavy (non-hydrogen) atoms. The van der Waals surface area contributed by atoms with Crippen molar-refractivity contribution in [3.05, 3.63) is 101 Å². The minimum atomic E-state index is -3.85. The highest BCUT2D eigenvalue weighted by molar-refractivity contribution is 7.89. The number of pyridine rings is 1. The van der Waals surface area contributed by atoms with Crippen molar-refractivity contribution >= 4 is 44.1 Å². The van der Waals surface area contributed by atoms with E-state index in [4.69, 9.17) is 11.6 Å². The maximum Gasteiger partial charge on any atom is 0.243 e. The number of rotatable bonds is 11. The van der Waals surface area contributed by atoms with Crippen LogP contribution in [-0.2, 0) is 21.2 Å². The maximum absolute atomic E-state index is 13.4. The second-order valence-corrected chi connectivity index (χ2v) is 11.1. The molecule has 0 aliphatic rings. The summed E-state index contributed by atoms with van der Waals surface area (Å²) in [6, 6.07) is 23.6. The zero-order chi connectivity index (χ0) is 26.3. The van der Waals surface area contributed by atoms with Crippen molar-refractivity contribution in [2.24, 2.45) is 0 Å². The first kappa shape index (κ1) is 26.6. The molecule has 4 aromatic rings. The van der Waals surface area contributed by atoms with E-state index >= 15 is 0 Å². The number of carbonyl (C=O) groups is 1. The summed E-state index contributed by atoms with van der Waals surface area (Å²) in [5.74, 6) is -0.364. The molecule has 0 bridgehead atoms. The number of fused-ring (bicyclic) bond motifs is 1. The average molecular weight is 537 g/mol. The molecule has 9 heteroatoms. The van der Waals surface area contributed by atoms with E-state index in [1.807, 2.05) is 49.4 Å². The second kappa shape index (κ2) is 12.2. The fraction of sp³-hybridized carbons (Fsp3) is 0.214. The number of nitrogens with one attached hydrogen (secondary N) is 2. The normalized spacial score (nSPS) is 11.5. The zero-order valence-electron chi connectivity index (χ0n) is 20.5. The van der Waals surface area contributed by atoms with Crippen molar-refractivity contribution < 1.29 is 13.2 Å². The van der Waals surface area contributed by atoms with Crippen LogP contribution in [-0.4, -0.2) is 49.8 Å². The predicted molar refractivity (Wildman–Crippen MR) is 148 cm³/mol. The van der Waals surface area contributed by atoms with Gasteiger partial charge in [0.15, 0.2) is 0 Å². The molecule has 0 saturated heterocycles. The smallest absolute Gasteiger partial charge is 0.243 e. The average Bonchev–Trinajstić information content (AvgIpc) is 2.89. The summed E-state index contributed by atoms with van der Waals surface area (Å²) < 4.78 is 28.0. The summed E-state index contributed by atoms with van der Waals surface area (Å²) in [6.07, 6.45) is 2.19. The van der Waals surface area contributed by atoms with E-state index in [0.29, 0.717) is 24.5 Å². The molecule has 0 saturated carbocycles. The van der Waals surface area contributed by atoms with E-state index < -0.39 is 10.0 Å². The Labute approximate surface area is 222 Å². The van der Waals surface area contributed by atoms with Gasteiger partial charge in [-0.2, -0.15) is 4.31 Å². The van der Waals surface area contributed by atoms with E-state index in [2.05, 4.69) is 15.6 Å². The molecule has 7 nitrogen and oxygen atoms in total. The highest BCUT2D eigenvalue weighted by atomic mass is 35.5. The van der Waals surface area contributed by atoms with Gasteiger partial charge in [0.2, 0.25) is 15.9 Å². The van der Waals surface area contributed by atoms with Crippen LogP contribution in [0.1, 0.15) is 11.1 Å². The Balaban J connectivity index is 1.38. The second-order valence-electron chi connectivity index (χ2n) is 8.68. The highest BCUT2D eigenvalue weighted by Gasteiger charge is 2.26. The van der Waals surface area contributed by atoms with Crippen LogP contribution in [0.2, 0.25) is 5.02 Å². The Kier molecular flexibility index (Phi) is 8.76. The molecule has 0 aliphatic carbocycles. The van der Waals surface area contributed by atoms with Crippen molar-refractivity contribution in [2.75, 3.05) is 31.5 Å². The Bertz CT molecular complexity index is 1460. The highest BCUT2D eigenvalue weighted by Crippen LogP contribution is 2.24. The van der Waals surface area contributed by atoms with E-state index in [1.54, 1.807) is 42.6 Å². The number of benzene rings is 3. The van der Waals surface area contributed by atoms with Crippen LogP contribution < -0.4 is 10.6 Å². The summed E-state index contributed by atoms with van der Waals surface area (Å²) >= 11 is 6.05. The number of carbonyl (C=O) groups excluding carboxylic acids is 1. The molecular weight excluding hydrogens is 508 g/mol. The summed E-state index contributed by atoms with van der Waals surface area (Å²) in [7, 11) is -3.85. The van der Waals surface area contributed by atoms with E-state index in [1.165, 1.54) is 4.31 Å². The van der Waals surface area contributed by atoms with Crippen LogP contribution in [0.25, 0.3) is 10.9 Å². The first-order chi connectivity index (χ1) is 17.8. The zero-order valence-corrected chi connectivity index (χ0v) is 22.1. The lowest BCUT2D eigenvalue weighted by Gasteiger charge is -2.22. The van der Waals surface area contributed by atoms with Gasteiger partial charge in [-0.15, -0.1) is 0 Å². The monoisotopic (exact) mass is 536 g/mol. The van der Waals surface area contributed by atoms with Crippen molar-refractivity contribution in [1.29, 1.82) is 0 Å². The summed E-state index contributed by atoms with van der Waals surface area (Å²) in [4.78, 5) is 17.3. The van der Waals surface area contributed by atoms with Gasteiger partial charge >= 0.3 is 0 Å². The fourth-order valence-corrected chi connectivity index (χ4v) is 5.50. The predicted octanol–water partition coefficient (Wildman–Crippen LogP) is 4.66. The maximum atomic E-state index is 13.4. The van der Waals surface area contributed by atoms with Crippen LogP contribution in [0.4, 0.5) is 5.69 Å². The van der Waals surface area contributed by atoms with Crippen molar-refractivity contribution in [3.63, 3.8) is 0 Å². The standard InChI is InChI=1S/C28H29ClN4O3S/c1-21-7-10-24(11-8-21)37(35,36)33(18-14-22-5-3-2-4-6-22)20-28(34)32-17-16-31-26-13-15-30-27-19-23(29)9-12-25(26)27/h2-13,15,19H,14,16-18,20H2,1H3,(H,30,31)(H,32,34). The molecule has 0 radical (unpaired) electrons. The molecule has 1 heterocycles. The molecule has 0 spiro atoms. The third-order valence-electron chi connectivity index (χ3n) is 5.94. The van der Waals surface area contributed by atoms with Crippen LogP contribution >= 0.6 is 11.6 Å². The quantitative estimate of drug-likeness (QED) is 0.272. The molecule has 0 aliphatic heterocycles. The van der Waals surface area contributed by atoms with Gasteiger partial charge < -0.3 is 10.6 Å². The molecule has 1 amide bonds.